The van der Waals surface area contributed by atoms with Crippen LogP contribution in [-0.4, -0.2) is 7.11 Å². The first-order valence-electron chi connectivity index (χ1n) is 3.22. The molecule has 0 aliphatic carbocycles. The fourth-order valence-corrected chi connectivity index (χ4v) is 1.08. The normalized spacial score (nSPS) is 9.73. The second kappa shape index (κ2) is 3.62. The molecule has 0 aliphatic rings. The van der Waals surface area contributed by atoms with Crippen LogP contribution in [0.15, 0.2) is 18.2 Å². The quantitative estimate of drug-likeness (QED) is 0.673. The average Bonchev–Trinajstić information content (AvgIpc) is 2.05. The number of halogens is 1. The van der Waals surface area contributed by atoms with Gasteiger partial charge in [-0.25, -0.2) is 4.39 Å². The summed E-state index contributed by atoms with van der Waals surface area (Å²) >= 11 is 3.97. The van der Waals surface area contributed by atoms with Gasteiger partial charge in [0.1, 0.15) is 0 Å². The van der Waals surface area contributed by atoms with Crippen molar-refractivity contribution in [3.05, 3.63) is 29.6 Å². The van der Waals surface area contributed by atoms with E-state index in [1.165, 1.54) is 7.11 Å². The third kappa shape index (κ3) is 1.66. The highest BCUT2D eigenvalue weighted by Gasteiger charge is 2.05. The smallest absolute Gasteiger partial charge is 0.169 e. The Labute approximate surface area is 70.6 Å². The maximum atomic E-state index is 13.1. The number of methoxy groups -OCH3 is 1. The average molecular weight is 172 g/mol. The lowest BCUT2D eigenvalue weighted by atomic mass is 10.2. The van der Waals surface area contributed by atoms with E-state index in [2.05, 4.69) is 12.6 Å². The van der Waals surface area contributed by atoms with E-state index < -0.39 is 0 Å². The maximum absolute atomic E-state index is 13.1. The zero-order valence-electron chi connectivity index (χ0n) is 6.17. The second-order valence-electron chi connectivity index (χ2n) is 2.09. The van der Waals surface area contributed by atoms with Gasteiger partial charge >= 0.3 is 0 Å². The molecule has 0 radical (unpaired) electrons. The summed E-state index contributed by atoms with van der Waals surface area (Å²) in [5, 5.41) is 0. The zero-order valence-corrected chi connectivity index (χ0v) is 7.07. The Morgan fingerprint density at radius 2 is 2.27 bits per heavy atom. The molecule has 1 rings (SSSR count). The number of benzene rings is 1. The molecule has 0 atom stereocenters. The summed E-state index contributed by atoms with van der Waals surface area (Å²) in [6.07, 6.45) is 0. The molecule has 0 aromatic heterocycles. The molecule has 1 aromatic rings. The molecule has 3 heteroatoms. The molecular formula is C8H9FOS. The predicted molar refractivity (Wildman–Crippen MR) is 45.6 cm³/mol. The molecular weight excluding hydrogens is 163 g/mol. The minimum absolute atomic E-state index is 0.275. The van der Waals surface area contributed by atoms with Gasteiger partial charge in [-0.1, -0.05) is 12.1 Å². The van der Waals surface area contributed by atoms with Crippen LogP contribution in [0.5, 0.6) is 5.75 Å². The van der Waals surface area contributed by atoms with Crippen molar-refractivity contribution in [3.63, 3.8) is 0 Å². The minimum Gasteiger partial charge on any atom is -0.494 e. The molecule has 0 spiro atoms. The number of hydrogen-bond donors (Lipinski definition) is 1. The van der Waals surface area contributed by atoms with Crippen molar-refractivity contribution in [2.24, 2.45) is 0 Å². The van der Waals surface area contributed by atoms with Crippen molar-refractivity contribution < 1.29 is 9.13 Å². The maximum Gasteiger partial charge on any atom is 0.169 e. The van der Waals surface area contributed by atoms with Gasteiger partial charge in [0.05, 0.1) is 7.11 Å². The van der Waals surface area contributed by atoms with Crippen LogP contribution in [0.25, 0.3) is 0 Å². The van der Waals surface area contributed by atoms with Gasteiger partial charge in [0.15, 0.2) is 11.6 Å². The Morgan fingerprint density at radius 3 is 2.82 bits per heavy atom. The lowest BCUT2D eigenvalue weighted by Crippen LogP contribution is -1.91. The van der Waals surface area contributed by atoms with E-state index in [9.17, 15) is 4.39 Å². The fourth-order valence-electron chi connectivity index (χ4n) is 0.836. The number of ether oxygens (including phenoxy) is 1. The van der Waals surface area contributed by atoms with Crippen molar-refractivity contribution in [1.29, 1.82) is 0 Å². The molecule has 0 saturated carbocycles. The van der Waals surface area contributed by atoms with Gasteiger partial charge < -0.3 is 4.74 Å². The largest absolute Gasteiger partial charge is 0.494 e. The molecule has 11 heavy (non-hydrogen) atoms. The Balaban J connectivity index is 3.10. The highest BCUT2D eigenvalue weighted by Crippen LogP contribution is 2.20. The third-order valence-electron chi connectivity index (χ3n) is 1.43. The first-order valence-corrected chi connectivity index (χ1v) is 3.85. The molecule has 60 valence electrons. The van der Waals surface area contributed by atoms with Crippen molar-refractivity contribution >= 4 is 12.6 Å². The zero-order chi connectivity index (χ0) is 8.27. The molecule has 0 aliphatic heterocycles. The van der Waals surface area contributed by atoms with Crippen molar-refractivity contribution in [1.82, 2.24) is 0 Å². The molecule has 0 amide bonds. The second-order valence-corrected chi connectivity index (χ2v) is 2.41. The molecule has 0 bridgehead atoms. The molecule has 1 nitrogen and oxygen atoms in total. The number of rotatable bonds is 2. The van der Waals surface area contributed by atoms with Gasteiger partial charge in [-0.05, 0) is 6.07 Å². The van der Waals surface area contributed by atoms with Crippen molar-refractivity contribution in [2.75, 3.05) is 7.11 Å². The molecule has 0 unspecified atom stereocenters. The van der Waals surface area contributed by atoms with E-state index in [0.717, 1.165) is 0 Å². The first kappa shape index (κ1) is 8.40. The van der Waals surface area contributed by atoms with Gasteiger partial charge in [-0.2, -0.15) is 12.6 Å². The van der Waals surface area contributed by atoms with Gasteiger partial charge in [0.2, 0.25) is 0 Å². The molecule has 1 aromatic carbocycles. The lowest BCUT2D eigenvalue weighted by molar-refractivity contribution is 0.385. The van der Waals surface area contributed by atoms with Crippen LogP contribution >= 0.6 is 12.6 Å². The van der Waals surface area contributed by atoms with Crippen LogP contribution in [0.4, 0.5) is 4.39 Å². The van der Waals surface area contributed by atoms with Crippen LogP contribution < -0.4 is 4.74 Å². The fraction of sp³-hybridized carbons (Fsp3) is 0.250. The van der Waals surface area contributed by atoms with Crippen LogP contribution in [0.1, 0.15) is 5.56 Å². The van der Waals surface area contributed by atoms with Crippen molar-refractivity contribution in [3.8, 4) is 5.75 Å². The summed E-state index contributed by atoms with van der Waals surface area (Å²) in [6.45, 7) is 0. The monoisotopic (exact) mass is 172 g/mol. The summed E-state index contributed by atoms with van der Waals surface area (Å²) < 4.78 is 17.9. The van der Waals surface area contributed by atoms with Crippen LogP contribution in [0, 0.1) is 5.82 Å². The van der Waals surface area contributed by atoms with Gasteiger partial charge in [-0.3, -0.25) is 0 Å². The topological polar surface area (TPSA) is 9.23 Å². The third-order valence-corrected chi connectivity index (χ3v) is 1.77. The SMILES string of the molecule is COc1cccc(CS)c1F. The van der Waals surface area contributed by atoms with Crippen LogP contribution in [-0.2, 0) is 5.75 Å². The van der Waals surface area contributed by atoms with E-state index in [-0.39, 0.29) is 11.6 Å². The molecule has 0 heterocycles. The van der Waals surface area contributed by atoms with E-state index >= 15 is 0 Å². The highest BCUT2D eigenvalue weighted by molar-refractivity contribution is 7.79. The highest BCUT2D eigenvalue weighted by atomic mass is 32.1. The Bertz CT molecular complexity index is 228. The summed E-state index contributed by atoms with van der Waals surface area (Å²) in [5.74, 6) is 0.352. The summed E-state index contributed by atoms with van der Waals surface area (Å²) in [4.78, 5) is 0. The Kier molecular flexibility index (Phi) is 2.76. The first-order chi connectivity index (χ1) is 5.29. The van der Waals surface area contributed by atoms with Crippen LogP contribution in [0.3, 0.4) is 0 Å². The number of thiol groups is 1. The Morgan fingerprint density at radius 1 is 1.55 bits per heavy atom. The van der Waals surface area contributed by atoms with Gasteiger partial charge in [0, 0.05) is 11.3 Å². The molecule has 0 saturated heterocycles. The van der Waals surface area contributed by atoms with Gasteiger partial charge in [-0.15, -0.1) is 0 Å². The van der Waals surface area contributed by atoms with E-state index in [4.69, 9.17) is 4.74 Å². The minimum atomic E-state index is -0.315. The summed E-state index contributed by atoms with van der Waals surface area (Å²) in [6, 6.07) is 5.01. The Hall–Kier alpha value is -0.700. The van der Waals surface area contributed by atoms with E-state index in [1.807, 2.05) is 0 Å². The van der Waals surface area contributed by atoms with E-state index in [1.54, 1.807) is 18.2 Å². The van der Waals surface area contributed by atoms with Crippen LogP contribution in [0.2, 0.25) is 0 Å². The summed E-state index contributed by atoms with van der Waals surface area (Å²) in [7, 11) is 1.45. The molecule has 0 N–H and O–H groups in total. The molecule has 0 fully saturated rings. The standard InChI is InChI=1S/C8H9FOS/c1-10-7-4-2-3-6(5-11)8(7)9/h2-4,11H,5H2,1H3. The predicted octanol–water partition coefficient (Wildman–Crippen LogP) is 2.26. The van der Waals surface area contributed by atoms with E-state index in [0.29, 0.717) is 11.3 Å². The lowest BCUT2D eigenvalue weighted by Gasteiger charge is -2.03. The summed E-state index contributed by atoms with van der Waals surface area (Å²) in [5.41, 5.74) is 0.563. The van der Waals surface area contributed by atoms with Gasteiger partial charge in [0.25, 0.3) is 0 Å². The number of hydrogen-bond acceptors (Lipinski definition) is 2. The van der Waals surface area contributed by atoms with Crippen molar-refractivity contribution in [2.45, 2.75) is 5.75 Å².